The fourth-order valence-electron chi connectivity index (χ4n) is 2.23. The summed E-state index contributed by atoms with van der Waals surface area (Å²) in [5.41, 5.74) is 1.96. The van der Waals surface area contributed by atoms with E-state index in [0.717, 1.165) is 24.2 Å². The summed E-state index contributed by atoms with van der Waals surface area (Å²) in [5, 5.41) is 9.19. The van der Waals surface area contributed by atoms with Crippen molar-refractivity contribution in [1.29, 1.82) is 0 Å². The van der Waals surface area contributed by atoms with Gasteiger partial charge >= 0.3 is 5.97 Å². The van der Waals surface area contributed by atoms with Gasteiger partial charge in [0.2, 0.25) is 0 Å². The van der Waals surface area contributed by atoms with Crippen LogP contribution in [0.5, 0.6) is 0 Å². The molecule has 1 aromatic rings. The van der Waals surface area contributed by atoms with Crippen LogP contribution in [0.1, 0.15) is 24.8 Å². The van der Waals surface area contributed by atoms with Gasteiger partial charge in [0, 0.05) is 25.2 Å². The van der Waals surface area contributed by atoms with E-state index in [1.165, 1.54) is 0 Å². The predicted octanol–water partition coefficient (Wildman–Crippen LogP) is 2.09. The van der Waals surface area contributed by atoms with E-state index >= 15 is 0 Å². The van der Waals surface area contributed by atoms with Gasteiger partial charge in [-0.2, -0.15) is 0 Å². The van der Waals surface area contributed by atoms with Crippen molar-refractivity contribution in [2.45, 2.75) is 19.3 Å². The molecule has 0 amide bonds. The summed E-state index contributed by atoms with van der Waals surface area (Å²) >= 11 is 0. The Morgan fingerprint density at radius 3 is 3.00 bits per heavy atom. The number of hydrogen-bond donors (Lipinski definition) is 1. The number of benzene rings is 1. The Hall–Kier alpha value is -1.95. The molecule has 0 saturated carbocycles. The Bertz CT molecular complexity index is 484. The third-order valence-electron chi connectivity index (χ3n) is 3.04. The van der Waals surface area contributed by atoms with E-state index in [2.05, 4.69) is 16.7 Å². The fraction of sp³-hybridized carbons (Fsp3) is 0.357. The SMILES string of the molecule is CC#CCCN1CC(C(=O)O)c2ccccc21. The van der Waals surface area contributed by atoms with E-state index in [0.29, 0.717) is 6.54 Å². The van der Waals surface area contributed by atoms with Crippen molar-refractivity contribution in [3.8, 4) is 11.8 Å². The van der Waals surface area contributed by atoms with Gasteiger partial charge in [-0.25, -0.2) is 0 Å². The molecule has 0 saturated heterocycles. The smallest absolute Gasteiger partial charge is 0.312 e. The number of anilines is 1. The van der Waals surface area contributed by atoms with Crippen molar-refractivity contribution >= 4 is 11.7 Å². The quantitative estimate of drug-likeness (QED) is 0.807. The van der Waals surface area contributed by atoms with Crippen LogP contribution >= 0.6 is 0 Å². The molecule has 3 nitrogen and oxygen atoms in total. The second kappa shape index (κ2) is 4.92. The second-order valence-electron chi connectivity index (χ2n) is 4.07. The van der Waals surface area contributed by atoms with E-state index in [9.17, 15) is 9.90 Å². The van der Waals surface area contributed by atoms with Crippen LogP contribution in [0, 0.1) is 11.8 Å². The first kappa shape index (κ1) is 11.5. The van der Waals surface area contributed by atoms with Gasteiger partial charge in [-0.15, -0.1) is 11.8 Å². The molecule has 17 heavy (non-hydrogen) atoms. The number of carbonyl (C=O) groups is 1. The van der Waals surface area contributed by atoms with Crippen molar-refractivity contribution in [1.82, 2.24) is 0 Å². The second-order valence-corrected chi connectivity index (χ2v) is 4.07. The minimum absolute atomic E-state index is 0.402. The first-order valence-corrected chi connectivity index (χ1v) is 5.70. The largest absolute Gasteiger partial charge is 0.481 e. The summed E-state index contributed by atoms with van der Waals surface area (Å²) in [6.07, 6.45) is 0.775. The van der Waals surface area contributed by atoms with E-state index in [1.54, 1.807) is 0 Å². The molecule has 1 N–H and O–H groups in total. The van der Waals surface area contributed by atoms with E-state index < -0.39 is 11.9 Å². The summed E-state index contributed by atoms with van der Waals surface area (Å²) < 4.78 is 0. The third kappa shape index (κ3) is 2.26. The zero-order valence-corrected chi connectivity index (χ0v) is 9.81. The average molecular weight is 229 g/mol. The van der Waals surface area contributed by atoms with Crippen molar-refractivity contribution in [3.63, 3.8) is 0 Å². The van der Waals surface area contributed by atoms with Crippen LogP contribution in [-0.2, 0) is 4.79 Å². The summed E-state index contributed by atoms with van der Waals surface area (Å²) in [6, 6.07) is 7.73. The lowest BCUT2D eigenvalue weighted by atomic mass is 10.0. The van der Waals surface area contributed by atoms with Crippen molar-refractivity contribution in [2.24, 2.45) is 0 Å². The third-order valence-corrected chi connectivity index (χ3v) is 3.04. The highest BCUT2D eigenvalue weighted by molar-refractivity contribution is 5.82. The highest BCUT2D eigenvalue weighted by Gasteiger charge is 2.32. The fourth-order valence-corrected chi connectivity index (χ4v) is 2.23. The minimum Gasteiger partial charge on any atom is -0.481 e. The van der Waals surface area contributed by atoms with Gasteiger partial charge in [-0.1, -0.05) is 18.2 Å². The molecule has 1 aliphatic rings. The Kier molecular flexibility index (Phi) is 3.34. The summed E-state index contributed by atoms with van der Waals surface area (Å²) in [6.45, 7) is 3.17. The van der Waals surface area contributed by atoms with Crippen molar-refractivity contribution in [2.75, 3.05) is 18.0 Å². The molecule has 0 radical (unpaired) electrons. The maximum absolute atomic E-state index is 11.2. The zero-order chi connectivity index (χ0) is 12.3. The Morgan fingerprint density at radius 2 is 2.29 bits per heavy atom. The maximum Gasteiger partial charge on any atom is 0.312 e. The molecule has 0 aliphatic carbocycles. The lowest BCUT2D eigenvalue weighted by Crippen LogP contribution is -2.25. The Balaban J connectivity index is 2.21. The summed E-state index contributed by atoms with van der Waals surface area (Å²) in [7, 11) is 0. The van der Waals surface area contributed by atoms with Gasteiger partial charge in [0.15, 0.2) is 0 Å². The molecule has 0 spiro atoms. The number of carboxylic acid groups (broad SMARTS) is 1. The molecule has 3 heteroatoms. The monoisotopic (exact) mass is 229 g/mol. The van der Waals surface area contributed by atoms with Gasteiger partial charge in [0.1, 0.15) is 5.92 Å². The van der Waals surface area contributed by atoms with Crippen LogP contribution in [0.15, 0.2) is 24.3 Å². The van der Waals surface area contributed by atoms with Crippen LogP contribution in [0.2, 0.25) is 0 Å². The Morgan fingerprint density at radius 1 is 1.53 bits per heavy atom. The molecule has 88 valence electrons. The number of para-hydroxylation sites is 1. The molecular formula is C14H15NO2. The topological polar surface area (TPSA) is 40.5 Å². The maximum atomic E-state index is 11.2. The molecule has 1 aromatic carbocycles. The first-order valence-electron chi connectivity index (χ1n) is 5.70. The molecule has 1 unspecified atom stereocenters. The minimum atomic E-state index is -0.749. The van der Waals surface area contributed by atoms with Gasteiger partial charge < -0.3 is 10.0 Å². The zero-order valence-electron chi connectivity index (χ0n) is 9.81. The van der Waals surface area contributed by atoms with E-state index in [4.69, 9.17) is 0 Å². The lowest BCUT2D eigenvalue weighted by Gasteiger charge is -2.17. The summed E-state index contributed by atoms with van der Waals surface area (Å²) in [4.78, 5) is 13.3. The number of carboxylic acids is 1. The highest BCUT2D eigenvalue weighted by Crippen LogP contribution is 2.35. The van der Waals surface area contributed by atoms with Gasteiger partial charge in [-0.05, 0) is 18.6 Å². The van der Waals surface area contributed by atoms with Crippen LogP contribution in [0.25, 0.3) is 0 Å². The number of hydrogen-bond acceptors (Lipinski definition) is 2. The molecule has 0 fully saturated rings. The number of fused-ring (bicyclic) bond motifs is 1. The molecule has 0 bridgehead atoms. The number of nitrogens with zero attached hydrogens (tertiary/aromatic N) is 1. The van der Waals surface area contributed by atoms with Gasteiger partial charge in [-0.3, -0.25) is 4.79 Å². The van der Waals surface area contributed by atoms with Gasteiger partial charge in [0.05, 0.1) is 0 Å². The van der Waals surface area contributed by atoms with Crippen LogP contribution < -0.4 is 4.90 Å². The van der Waals surface area contributed by atoms with Crippen LogP contribution in [-0.4, -0.2) is 24.2 Å². The van der Waals surface area contributed by atoms with E-state index in [-0.39, 0.29) is 0 Å². The van der Waals surface area contributed by atoms with Crippen LogP contribution in [0.3, 0.4) is 0 Å². The Labute approximate surface area is 101 Å². The highest BCUT2D eigenvalue weighted by atomic mass is 16.4. The lowest BCUT2D eigenvalue weighted by molar-refractivity contribution is -0.138. The van der Waals surface area contributed by atoms with Gasteiger partial charge in [0.25, 0.3) is 0 Å². The summed E-state index contributed by atoms with van der Waals surface area (Å²) in [5.74, 6) is 4.72. The molecule has 1 atom stereocenters. The number of aliphatic carboxylic acids is 1. The van der Waals surface area contributed by atoms with Crippen molar-refractivity contribution in [3.05, 3.63) is 29.8 Å². The normalized spacial score (nSPS) is 17.2. The van der Waals surface area contributed by atoms with E-state index in [1.807, 2.05) is 31.2 Å². The number of rotatable bonds is 3. The first-order chi connectivity index (χ1) is 8.24. The standard InChI is InChI=1S/C14H15NO2/c1-2-3-6-9-15-10-12(14(16)17)11-7-4-5-8-13(11)15/h4-5,7-8,12H,6,9-10H2,1H3,(H,16,17). The molecular weight excluding hydrogens is 214 g/mol. The predicted molar refractivity (Wildman–Crippen MR) is 67.1 cm³/mol. The van der Waals surface area contributed by atoms with Crippen molar-refractivity contribution < 1.29 is 9.90 Å². The molecule has 2 rings (SSSR count). The molecule has 0 aromatic heterocycles. The molecule has 1 heterocycles. The average Bonchev–Trinajstić information content (AvgIpc) is 2.69. The van der Waals surface area contributed by atoms with Crippen LogP contribution in [0.4, 0.5) is 5.69 Å². The molecule has 1 aliphatic heterocycles.